The molecule has 0 saturated heterocycles. The summed E-state index contributed by atoms with van der Waals surface area (Å²) < 4.78 is 52.2. The number of rotatable bonds is 20. The monoisotopic (exact) mass is 1180 g/mol. The van der Waals surface area contributed by atoms with Crippen molar-refractivity contribution in [1.82, 2.24) is 10.6 Å². The molecule has 0 radical (unpaired) electrons. The fourth-order valence-electron chi connectivity index (χ4n) is 7.52. The number of benzene rings is 6. The van der Waals surface area contributed by atoms with Crippen LogP contribution >= 0.6 is 69.6 Å². The number of carbonyl (C=O) groups excluding carboxylic acids is 3. The number of carboxylic acid groups (broad SMARTS) is 1. The van der Waals surface area contributed by atoms with Gasteiger partial charge in [-0.1, -0.05) is 118 Å². The first-order valence-electron chi connectivity index (χ1n) is 22.6. The summed E-state index contributed by atoms with van der Waals surface area (Å²) in [6, 6.07) is 29.6. The van der Waals surface area contributed by atoms with Gasteiger partial charge in [-0.2, -0.15) is 0 Å². The first-order valence-corrected chi connectivity index (χ1v) is 28.6. The molecule has 75 heavy (non-hydrogen) atoms. The topological polar surface area (TPSA) is 231 Å². The molecule has 0 aliphatic heterocycles. The van der Waals surface area contributed by atoms with Crippen molar-refractivity contribution >= 4 is 113 Å². The van der Waals surface area contributed by atoms with Crippen molar-refractivity contribution in [2.75, 3.05) is 19.6 Å². The van der Waals surface area contributed by atoms with Gasteiger partial charge in [0.15, 0.2) is 19.7 Å². The van der Waals surface area contributed by atoms with E-state index in [1.165, 1.54) is 61.7 Å². The zero-order valence-electron chi connectivity index (χ0n) is 40.2. The lowest BCUT2D eigenvalue weighted by molar-refractivity contribution is -0.143. The number of halogens is 6. The molecule has 0 aliphatic rings. The highest BCUT2D eigenvalue weighted by Crippen LogP contribution is 2.33. The molecule has 0 heterocycles. The van der Waals surface area contributed by atoms with Crippen LogP contribution in [0, 0.1) is 0 Å². The summed E-state index contributed by atoms with van der Waals surface area (Å²) >= 11 is 37.2. The molecule has 2 unspecified atom stereocenters. The van der Waals surface area contributed by atoms with Crippen LogP contribution in [0.3, 0.4) is 0 Å². The average Bonchev–Trinajstić information content (AvgIpc) is 3.34. The number of esters is 1. The number of carboxylic acids is 1. The quantitative estimate of drug-likeness (QED) is 0.0450. The van der Waals surface area contributed by atoms with Gasteiger partial charge in [-0.3, -0.25) is 9.59 Å². The summed E-state index contributed by atoms with van der Waals surface area (Å²) in [6.45, 7) is 0. The molecule has 22 heteroatoms. The van der Waals surface area contributed by atoms with Crippen LogP contribution in [0.15, 0.2) is 131 Å². The summed E-state index contributed by atoms with van der Waals surface area (Å²) in [6.07, 6.45) is 2.04. The molecule has 0 saturated carbocycles. The second kappa shape index (κ2) is 27.2. The molecule has 6 aromatic rings. The molecule has 0 aliphatic carbocycles. The van der Waals surface area contributed by atoms with Crippen molar-refractivity contribution in [3.8, 4) is 0 Å². The number of aliphatic carboxylic acids is 1. The van der Waals surface area contributed by atoms with Crippen molar-refractivity contribution in [3.63, 3.8) is 0 Å². The summed E-state index contributed by atoms with van der Waals surface area (Å²) in [5.74, 6) is -3.59. The number of methoxy groups -OCH3 is 1. The van der Waals surface area contributed by atoms with Crippen molar-refractivity contribution in [3.05, 3.63) is 196 Å². The largest absolute Gasteiger partial charge is 0.480 e. The highest BCUT2D eigenvalue weighted by Gasteiger charge is 2.28. The van der Waals surface area contributed by atoms with E-state index in [0.717, 1.165) is 23.6 Å². The predicted octanol–water partition coefficient (Wildman–Crippen LogP) is 10.4. The molecule has 6 aromatic carbocycles. The molecule has 0 spiro atoms. The molecule has 14 nitrogen and oxygen atoms in total. The Morgan fingerprint density at radius 3 is 1.20 bits per heavy atom. The molecule has 0 bridgehead atoms. The maximum Gasteiger partial charge on any atom is 0.328 e. The van der Waals surface area contributed by atoms with E-state index in [1.807, 2.05) is 24.3 Å². The van der Waals surface area contributed by atoms with Gasteiger partial charge in [-0.15, -0.1) is 0 Å². The second-order valence-electron chi connectivity index (χ2n) is 17.2. The van der Waals surface area contributed by atoms with Gasteiger partial charge in [0.25, 0.3) is 11.8 Å². The number of amides is 2. The smallest absolute Gasteiger partial charge is 0.328 e. The van der Waals surface area contributed by atoms with E-state index in [4.69, 9.17) is 74.3 Å². The third-order valence-electron chi connectivity index (χ3n) is 11.5. The molecule has 4 atom stereocenters. The molecule has 6 rings (SSSR count). The van der Waals surface area contributed by atoms with Crippen molar-refractivity contribution < 1.29 is 56.1 Å². The Hall–Kier alpha value is -5.24. The Morgan fingerprint density at radius 2 is 0.867 bits per heavy atom. The van der Waals surface area contributed by atoms with Gasteiger partial charge >= 0.3 is 11.9 Å². The molecule has 5 N–H and O–H groups in total. The van der Waals surface area contributed by atoms with Crippen LogP contribution in [-0.4, -0.2) is 87.6 Å². The van der Waals surface area contributed by atoms with E-state index in [2.05, 4.69) is 10.6 Å². The summed E-state index contributed by atoms with van der Waals surface area (Å²) in [5.41, 5.74) is 3.54. The summed E-state index contributed by atoms with van der Waals surface area (Å²) in [7, 11) is -5.77. The van der Waals surface area contributed by atoms with Gasteiger partial charge in [0.1, 0.15) is 12.1 Å². The van der Waals surface area contributed by atoms with Crippen LogP contribution in [0.4, 0.5) is 0 Å². The van der Waals surface area contributed by atoms with E-state index in [9.17, 15) is 51.3 Å². The molecule has 2 amide bonds. The Kier molecular flexibility index (Phi) is 22.0. The van der Waals surface area contributed by atoms with E-state index < -0.39 is 67.7 Å². The fourth-order valence-corrected chi connectivity index (χ4v) is 10.5. The SMILES string of the molecule is COC(=O)[C@H](Cc1cccc(S(C)(=O)=O)c1)NC(=O)c1c(Cl)cc(C(O)CCc2ccc(Cl)cc2)cc1Cl.CS(=O)(=O)c1cccc(C[C@H](NC(=O)c2c(Cl)cc(C(O)CCc3ccc(Cl)cc3)cc2Cl)C(=O)O)c1. The first-order chi connectivity index (χ1) is 35.2. The van der Waals surface area contributed by atoms with Crippen LogP contribution in [-0.2, 0) is 59.7 Å². The van der Waals surface area contributed by atoms with E-state index >= 15 is 0 Å². The lowest BCUT2D eigenvalue weighted by Crippen LogP contribution is -2.43. The van der Waals surface area contributed by atoms with Crippen LogP contribution < -0.4 is 10.6 Å². The number of hydrogen-bond acceptors (Lipinski definition) is 11. The Balaban J connectivity index is 0.000000277. The highest BCUT2D eigenvalue weighted by atomic mass is 35.5. The minimum Gasteiger partial charge on any atom is -0.480 e. The van der Waals surface area contributed by atoms with E-state index in [-0.39, 0.29) is 53.9 Å². The van der Waals surface area contributed by atoms with Gasteiger partial charge in [-0.25, -0.2) is 26.4 Å². The third kappa shape index (κ3) is 17.9. The van der Waals surface area contributed by atoms with Gasteiger partial charge in [0.05, 0.1) is 60.3 Å². The molecular weight excluding hydrogens is 1130 g/mol. The van der Waals surface area contributed by atoms with Gasteiger partial charge < -0.3 is 30.7 Å². The normalized spacial score (nSPS) is 13.1. The highest BCUT2D eigenvalue weighted by molar-refractivity contribution is 7.91. The standard InChI is InChI=1S/C27H26Cl3NO6S.C26H24Cl3NO6S/c1-37-27(34)23(13-17-4-3-5-20(12-17)38(2,35)36)31-26(33)25-21(29)14-18(15-22(25)30)24(32)11-8-16-6-9-19(28)10-7-16;1-37(35,36)19-4-2-3-16(11-19)12-22(26(33)34)30-25(32)24-20(28)13-17(14-21(24)29)23(31)10-7-15-5-8-18(27)9-6-15/h3-7,9-10,12,14-15,23-24,32H,8,11,13H2,1-2H3,(H,31,33);2-6,8-9,11,13-14,22-23,31H,7,10,12H2,1H3,(H,30,32)(H,33,34)/t23-,24?;22-,23?/m00/s1. The lowest BCUT2D eigenvalue weighted by Gasteiger charge is -2.19. The van der Waals surface area contributed by atoms with E-state index in [1.54, 1.807) is 42.5 Å². The van der Waals surface area contributed by atoms with Crippen LogP contribution in [0.1, 0.15) is 79.1 Å². The van der Waals surface area contributed by atoms with Crippen molar-refractivity contribution in [2.24, 2.45) is 0 Å². The summed E-state index contributed by atoms with van der Waals surface area (Å²) in [4.78, 5) is 50.4. The zero-order chi connectivity index (χ0) is 55.4. The van der Waals surface area contributed by atoms with Gasteiger partial charge in [0.2, 0.25) is 0 Å². The molecular formula is C53H50Cl6N2O12S2. The Morgan fingerprint density at radius 1 is 0.520 bits per heavy atom. The number of nitrogens with one attached hydrogen (secondary N) is 2. The minimum atomic E-state index is -3.49. The van der Waals surface area contributed by atoms with Crippen molar-refractivity contribution in [2.45, 2.75) is 72.6 Å². The maximum atomic E-state index is 13.1. The second-order valence-corrected chi connectivity index (χ2v) is 23.8. The number of sulfone groups is 2. The Labute approximate surface area is 464 Å². The first kappa shape index (κ1) is 60.6. The lowest BCUT2D eigenvalue weighted by atomic mass is 9.99. The average molecular weight is 1180 g/mol. The molecule has 398 valence electrons. The van der Waals surface area contributed by atoms with Crippen LogP contribution in [0.2, 0.25) is 30.1 Å². The number of ether oxygens (including phenoxy) is 1. The minimum absolute atomic E-state index is 0.00164. The Bertz CT molecular complexity index is 3230. The number of carbonyl (C=O) groups is 4. The number of aliphatic hydroxyl groups excluding tert-OH is 2. The molecule has 0 fully saturated rings. The predicted molar refractivity (Wildman–Crippen MR) is 291 cm³/mol. The molecule has 0 aromatic heterocycles. The maximum absolute atomic E-state index is 13.1. The number of hydrogen-bond donors (Lipinski definition) is 5. The zero-order valence-corrected chi connectivity index (χ0v) is 46.4. The summed E-state index contributed by atoms with van der Waals surface area (Å²) in [5, 5.41) is 37.0. The third-order valence-corrected chi connectivity index (χ3v) is 15.4. The fraction of sp³-hybridized carbons (Fsp3) is 0.245. The van der Waals surface area contributed by atoms with Gasteiger partial charge in [0, 0.05) is 35.4 Å². The van der Waals surface area contributed by atoms with Crippen LogP contribution in [0.5, 0.6) is 0 Å². The van der Waals surface area contributed by atoms with Gasteiger partial charge in [-0.05, 0) is 132 Å². The van der Waals surface area contributed by atoms with Crippen LogP contribution in [0.25, 0.3) is 0 Å². The number of aliphatic hydroxyl groups is 2. The van der Waals surface area contributed by atoms with E-state index in [0.29, 0.717) is 58.0 Å². The number of aryl methyl sites for hydroxylation is 2. The van der Waals surface area contributed by atoms with Crippen molar-refractivity contribution in [1.29, 1.82) is 0 Å².